The first kappa shape index (κ1) is 12.0. The molecule has 1 aliphatic rings. The third-order valence-corrected chi connectivity index (χ3v) is 3.39. The number of aromatic hydroxyl groups is 2. The minimum Gasteiger partial charge on any atom is -0.504 e. The van der Waals surface area contributed by atoms with Gasteiger partial charge in [-0.3, -0.25) is 4.79 Å². The number of phenolic OH excluding ortho intramolecular Hbond substituents is 2. The lowest BCUT2D eigenvalue weighted by atomic mass is 10.1. The van der Waals surface area contributed by atoms with E-state index in [0.717, 1.165) is 12.8 Å². The maximum absolute atomic E-state index is 12.2. The molecule has 1 aromatic rings. The molecule has 17 heavy (non-hydrogen) atoms. The van der Waals surface area contributed by atoms with Gasteiger partial charge in [-0.2, -0.15) is 0 Å². The molecule has 5 heteroatoms. The van der Waals surface area contributed by atoms with E-state index in [2.05, 4.69) is 0 Å². The van der Waals surface area contributed by atoms with Gasteiger partial charge in [0, 0.05) is 24.0 Å². The third kappa shape index (κ3) is 2.31. The molecule has 0 aromatic heterocycles. The fraction of sp³-hybridized carbons (Fsp3) is 0.417. The molecule has 0 saturated carbocycles. The summed E-state index contributed by atoms with van der Waals surface area (Å²) < 4.78 is 0. The van der Waals surface area contributed by atoms with Crippen molar-refractivity contribution in [2.45, 2.75) is 18.9 Å². The van der Waals surface area contributed by atoms with Crippen molar-refractivity contribution < 1.29 is 15.0 Å². The number of alkyl halides is 1. The molecule has 1 amide bonds. The van der Waals surface area contributed by atoms with Crippen LogP contribution in [0.3, 0.4) is 0 Å². The van der Waals surface area contributed by atoms with Gasteiger partial charge in [-0.1, -0.05) is 0 Å². The Morgan fingerprint density at radius 2 is 2.18 bits per heavy atom. The van der Waals surface area contributed by atoms with Gasteiger partial charge in [0.1, 0.15) is 0 Å². The van der Waals surface area contributed by atoms with Crippen molar-refractivity contribution >= 4 is 17.5 Å². The van der Waals surface area contributed by atoms with Crippen molar-refractivity contribution in [2.24, 2.45) is 0 Å². The number of carbonyl (C=O) groups is 1. The van der Waals surface area contributed by atoms with Crippen molar-refractivity contribution in [3.8, 4) is 11.5 Å². The highest BCUT2D eigenvalue weighted by atomic mass is 35.5. The van der Waals surface area contributed by atoms with Crippen LogP contribution >= 0.6 is 11.6 Å². The molecule has 1 heterocycles. The van der Waals surface area contributed by atoms with Crippen LogP contribution in [0.5, 0.6) is 11.5 Å². The molecule has 1 aromatic carbocycles. The fourth-order valence-corrected chi connectivity index (χ4v) is 2.41. The van der Waals surface area contributed by atoms with Crippen LogP contribution < -0.4 is 0 Å². The van der Waals surface area contributed by atoms with Crippen LogP contribution in [0.1, 0.15) is 23.2 Å². The van der Waals surface area contributed by atoms with Gasteiger partial charge >= 0.3 is 0 Å². The van der Waals surface area contributed by atoms with Crippen molar-refractivity contribution in [2.75, 3.05) is 12.4 Å². The van der Waals surface area contributed by atoms with Gasteiger partial charge in [0.15, 0.2) is 11.5 Å². The number of carbonyl (C=O) groups excluding carboxylic acids is 1. The molecule has 1 fully saturated rings. The summed E-state index contributed by atoms with van der Waals surface area (Å²) in [4.78, 5) is 13.9. The highest BCUT2D eigenvalue weighted by molar-refractivity contribution is 6.18. The standard InChI is InChI=1S/C12H14ClNO3/c13-7-9-2-1-5-14(9)12(17)8-3-4-10(15)11(16)6-8/h3-4,6,9,15-16H,1-2,5,7H2. The minimum atomic E-state index is -0.280. The van der Waals surface area contributed by atoms with Crippen LogP contribution in [0.25, 0.3) is 0 Å². The van der Waals surface area contributed by atoms with E-state index in [9.17, 15) is 15.0 Å². The largest absolute Gasteiger partial charge is 0.504 e. The van der Waals surface area contributed by atoms with Gasteiger partial charge < -0.3 is 15.1 Å². The second-order valence-electron chi connectivity index (χ2n) is 4.15. The molecule has 92 valence electrons. The molecular weight excluding hydrogens is 242 g/mol. The van der Waals surface area contributed by atoms with Crippen LogP contribution in [-0.2, 0) is 0 Å². The zero-order valence-electron chi connectivity index (χ0n) is 9.27. The average molecular weight is 256 g/mol. The first-order valence-corrected chi connectivity index (χ1v) is 6.06. The molecule has 1 unspecified atom stereocenters. The van der Waals surface area contributed by atoms with Gasteiger partial charge in [-0.15, -0.1) is 11.6 Å². The summed E-state index contributed by atoms with van der Waals surface area (Å²) in [5.41, 5.74) is 0.373. The molecule has 1 atom stereocenters. The molecule has 1 saturated heterocycles. The number of hydrogen-bond donors (Lipinski definition) is 2. The highest BCUT2D eigenvalue weighted by Gasteiger charge is 2.28. The van der Waals surface area contributed by atoms with Crippen LogP contribution in [0, 0.1) is 0 Å². The van der Waals surface area contributed by atoms with E-state index < -0.39 is 0 Å². The predicted octanol–water partition coefficient (Wildman–Crippen LogP) is 1.94. The Balaban J connectivity index is 2.21. The lowest BCUT2D eigenvalue weighted by molar-refractivity contribution is 0.0748. The monoisotopic (exact) mass is 255 g/mol. The maximum Gasteiger partial charge on any atom is 0.254 e. The van der Waals surface area contributed by atoms with Gasteiger partial charge in [-0.05, 0) is 31.0 Å². The Bertz CT molecular complexity index is 436. The second-order valence-corrected chi connectivity index (χ2v) is 4.46. The van der Waals surface area contributed by atoms with Crippen molar-refractivity contribution in [3.05, 3.63) is 23.8 Å². The van der Waals surface area contributed by atoms with E-state index in [1.54, 1.807) is 4.90 Å². The quantitative estimate of drug-likeness (QED) is 0.627. The number of likely N-dealkylation sites (tertiary alicyclic amines) is 1. The molecule has 2 rings (SSSR count). The topological polar surface area (TPSA) is 60.8 Å². The van der Waals surface area contributed by atoms with Gasteiger partial charge in [-0.25, -0.2) is 0 Å². The molecule has 0 aliphatic carbocycles. The number of rotatable bonds is 2. The normalized spacial score (nSPS) is 19.6. The number of halogens is 1. The molecule has 2 N–H and O–H groups in total. The Hall–Kier alpha value is -1.42. The summed E-state index contributed by atoms with van der Waals surface area (Å²) in [5, 5.41) is 18.6. The number of benzene rings is 1. The highest BCUT2D eigenvalue weighted by Crippen LogP contribution is 2.27. The van der Waals surface area contributed by atoms with Crippen LogP contribution in [0.4, 0.5) is 0 Å². The third-order valence-electron chi connectivity index (χ3n) is 3.04. The number of phenols is 2. The smallest absolute Gasteiger partial charge is 0.254 e. The van der Waals surface area contributed by atoms with Crippen molar-refractivity contribution in [3.63, 3.8) is 0 Å². The van der Waals surface area contributed by atoms with Crippen LogP contribution in [-0.4, -0.2) is 39.5 Å². The number of amides is 1. The summed E-state index contributed by atoms with van der Waals surface area (Å²) in [7, 11) is 0. The van der Waals surface area contributed by atoms with Gasteiger partial charge in [0.2, 0.25) is 0 Å². The maximum atomic E-state index is 12.2. The number of hydrogen-bond acceptors (Lipinski definition) is 3. The Kier molecular flexibility index (Phi) is 3.43. The summed E-state index contributed by atoms with van der Waals surface area (Å²) in [6.45, 7) is 0.692. The summed E-state index contributed by atoms with van der Waals surface area (Å²) in [5.74, 6) is -0.228. The summed E-state index contributed by atoms with van der Waals surface area (Å²) in [6.07, 6.45) is 1.87. The Labute approximate surface area is 104 Å². The minimum absolute atomic E-state index is 0.0695. The van der Waals surface area contributed by atoms with E-state index in [1.807, 2.05) is 0 Å². The zero-order valence-corrected chi connectivity index (χ0v) is 10.0. The van der Waals surface area contributed by atoms with Gasteiger partial charge in [0.25, 0.3) is 5.91 Å². The second kappa shape index (κ2) is 4.84. The van der Waals surface area contributed by atoms with E-state index in [-0.39, 0.29) is 23.4 Å². The zero-order chi connectivity index (χ0) is 12.4. The van der Waals surface area contributed by atoms with E-state index in [4.69, 9.17) is 11.6 Å². The summed E-state index contributed by atoms with van der Waals surface area (Å²) >= 11 is 5.81. The van der Waals surface area contributed by atoms with Crippen LogP contribution in [0.15, 0.2) is 18.2 Å². The van der Waals surface area contributed by atoms with E-state index >= 15 is 0 Å². The van der Waals surface area contributed by atoms with Crippen LogP contribution in [0.2, 0.25) is 0 Å². The SMILES string of the molecule is O=C(c1ccc(O)c(O)c1)N1CCCC1CCl. The van der Waals surface area contributed by atoms with Crippen molar-refractivity contribution in [1.29, 1.82) is 0 Å². The average Bonchev–Trinajstić information content (AvgIpc) is 2.80. The molecule has 1 aliphatic heterocycles. The molecule has 0 radical (unpaired) electrons. The summed E-state index contributed by atoms with van der Waals surface area (Å²) in [6, 6.07) is 4.16. The first-order chi connectivity index (χ1) is 8.13. The van der Waals surface area contributed by atoms with E-state index in [0.29, 0.717) is 18.0 Å². The van der Waals surface area contributed by atoms with Gasteiger partial charge in [0.05, 0.1) is 0 Å². The van der Waals surface area contributed by atoms with E-state index in [1.165, 1.54) is 18.2 Å². The molecule has 0 bridgehead atoms. The molecular formula is C12H14ClNO3. The Morgan fingerprint density at radius 1 is 1.41 bits per heavy atom. The lowest BCUT2D eigenvalue weighted by Gasteiger charge is -2.23. The molecule has 0 spiro atoms. The molecule has 4 nitrogen and oxygen atoms in total. The number of nitrogens with zero attached hydrogens (tertiary/aromatic N) is 1. The first-order valence-electron chi connectivity index (χ1n) is 5.52. The lowest BCUT2D eigenvalue weighted by Crippen LogP contribution is -2.36. The van der Waals surface area contributed by atoms with Crippen molar-refractivity contribution in [1.82, 2.24) is 4.90 Å². The predicted molar refractivity (Wildman–Crippen MR) is 64.6 cm³/mol. The fourth-order valence-electron chi connectivity index (χ4n) is 2.09. The Morgan fingerprint density at radius 3 is 2.82 bits per heavy atom.